The van der Waals surface area contributed by atoms with Crippen molar-refractivity contribution in [3.05, 3.63) is 39.9 Å². The lowest BCUT2D eigenvalue weighted by atomic mass is 10.2. The lowest BCUT2D eigenvalue weighted by Crippen LogP contribution is -1.94. The van der Waals surface area contributed by atoms with E-state index < -0.39 is 0 Å². The number of benzene rings is 1. The highest BCUT2D eigenvalue weighted by atomic mass is 35.5. The summed E-state index contributed by atoms with van der Waals surface area (Å²) >= 11 is 11.6. The van der Waals surface area contributed by atoms with E-state index in [9.17, 15) is 0 Å². The highest BCUT2D eigenvalue weighted by Gasteiger charge is 1.95. The summed E-state index contributed by atoms with van der Waals surface area (Å²) in [5.74, 6) is 0. The molecule has 3 heteroatoms. The molecule has 0 fully saturated rings. The van der Waals surface area contributed by atoms with Crippen LogP contribution in [-0.4, -0.2) is 6.54 Å². The Balaban J connectivity index is 2.73. The number of nitrogens with two attached hydrogens (primary N) is 1. The minimum absolute atomic E-state index is 0.580. The Morgan fingerprint density at radius 1 is 1.23 bits per heavy atom. The Hall–Kier alpha value is -0.500. The fourth-order valence-corrected chi connectivity index (χ4v) is 1.24. The third-order valence-corrected chi connectivity index (χ3v) is 2.33. The van der Waals surface area contributed by atoms with Gasteiger partial charge in [-0.1, -0.05) is 41.4 Å². The van der Waals surface area contributed by atoms with Gasteiger partial charge >= 0.3 is 0 Å². The van der Waals surface area contributed by atoms with E-state index in [4.69, 9.17) is 28.9 Å². The van der Waals surface area contributed by atoms with E-state index in [1.807, 2.05) is 24.3 Å². The predicted molar refractivity (Wildman–Crippen MR) is 59.2 cm³/mol. The molecule has 0 atom stereocenters. The second-order valence-electron chi connectivity index (χ2n) is 2.65. The number of hydrogen-bond donors (Lipinski definition) is 1. The SMILES string of the molecule is NCC/C=C/c1ccc(Cl)c(Cl)c1. The molecule has 1 nitrogen and oxygen atoms in total. The molecule has 0 aliphatic carbocycles. The molecular formula is C10H11Cl2N. The van der Waals surface area contributed by atoms with E-state index in [0.29, 0.717) is 16.6 Å². The highest BCUT2D eigenvalue weighted by Crippen LogP contribution is 2.23. The van der Waals surface area contributed by atoms with Crippen molar-refractivity contribution in [2.24, 2.45) is 5.73 Å². The van der Waals surface area contributed by atoms with Crippen LogP contribution in [0.5, 0.6) is 0 Å². The van der Waals surface area contributed by atoms with Crippen molar-refractivity contribution < 1.29 is 0 Å². The van der Waals surface area contributed by atoms with Crippen LogP contribution in [0.25, 0.3) is 6.08 Å². The van der Waals surface area contributed by atoms with Gasteiger partial charge < -0.3 is 5.73 Å². The molecule has 0 radical (unpaired) electrons. The summed E-state index contributed by atoms with van der Waals surface area (Å²) in [5, 5.41) is 1.16. The van der Waals surface area contributed by atoms with Gasteiger partial charge in [0, 0.05) is 0 Å². The molecule has 0 unspecified atom stereocenters. The van der Waals surface area contributed by atoms with Crippen LogP contribution in [0.1, 0.15) is 12.0 Å². The molecule has 13 heavy (non-hydrogen) atoms. The molecule has 0 amide bonds. The summed E-state index contributed by atoms with van der Waals surface area (Å²) in [6, 6.07) is 5.53. The topological polar surface area (TPSA) is 26.0 Å². The highest BCUT2D eigenvalue weighted by molar-refractivity contribution is 6.42. The van der Waals surface area contributed by atoms with E-state index in [1.54, 1.807) is 6.07 Å². The lowest BCUT2D eigenvalue weighted by Gasteiger charge is -1.96. The Labute approximate surface area is 88.1 Å². The van der Waals surface area contributed by atoms with Crippen LogP contribution in [0.3, 0.4) is 0 Å². The summed E-state index contributed by atoms with van der Waals surface area (Å²) in [7, 11) is 0. The summed E-state index contributed by atoms with van der Waals surface area (Å²) < 4.78 is 0. The normalized spacial score (nSPS) is 11.0. The van der Waals surface area contributed by atoms with Gasteiger partial charge in [0.1, 0.15) is 0 Å². The molecule has 0 heterocycles. The zero-order chi connectivity index (χ0) is 9.68. The first-order valence-electron chi connectivity index (χ1n) is 4.05. The van der Waals surface area contributed by atoms with E-state index in [-0.39, 0.29) is 0 Å². The number of rotatable bonds is 3. The van der Waals surface area contributed by atoms with Gasteiger partial charge in [-0.05, 0) is 30.7 Å². The fourth-order valence-electron chi connectivity index (χ4n) is 0.932. The van der Waals surface area contributed by atoms with E-state index >= 15 is 0 Å². The van der Waals surface area contributed by atoms with Crippen LogP contribution in [0, 0.1) is 0 Å². The maximum atomic E-state index is 5.84. The van der Waals surface area contributed by atoms with Crippen LogP contribution in [0.4, 0.5) is 0 Å². The summed E-state index contributed by atoms with van der Waals surface area (Å²) in [6.45, 7) is 0.665. The molecule has 2 N–H and O–H groups in total. The molecule has 0 saturated heterocycles. The van der Waals surface area contributed by atoms with Crippen LogP contribution in [0.15, 0.2) is 24.3 Å². The maximum absolute atomic E-state index is 5.84. The van der Waals surface area contributed by atoms with Gasteiger partial charge in [0.2, 0.25) is 0 Å². The second kappa shape index (κ2) is 5.28. The Bertz CT molecular complexity index is 308. The maximum Gasteiger partial charge on any atom is 0.0598 e. The molecule has 0 spiro atoms. The minimum atomic E-state index is 0.580. The van der Waals surface area contributed by atoms with Crippen LogP contribution < -0.4 is 5.73 Å². The first-order valence-corrected chi connectivity index (χ1v) is 4.81. The average molecular weight is 216 g/mol. The van der Waals surface area contributed by atoms with Crippen molar-refractivity contribution in [3.8, 4) is 0 Å². The first kappa shape index (κ1) is 10.6. The van der Waals surface area contributed by atoms with Gasteiger partial charge in [0.05, 0.1) is 10.0 Å². The molecule has 0 aromatic heterocycles. The third kappa shape index (κ3) is 3.39. The van der Waals surface area contributed by atoms with Gasteiger partial charge in [-0.3, -0.25) is 0 Å². The molecular weight excluding hydrogens is 205 g/mol. The standard InChI is InChI=1S/C10H11Cl2N/c11-9-5-4-8(7-10(9)12)3-1-2-6-13/h1,3-5,7H,2,6,13H2/b3-1+. The summed E-state index contributed by atoms with van der Waals surface area (Å²) in [6.07, 6.45) is 4.87. The van der Waals surface area contributed by atoms with Crippen LogP contribution in [-0.2, 0) is 0 Å². The molecule has 1 aromatic rings. The zero-order valence-electron chi connectivity index (χ0n) is 7.13. The average Bonchev–Trinajstić information content (AvgIpc) is 2.12. The van der Waals surface area contributed by atoms with Crippen molar-refractivity contribution in [1.29, 1.82) is 0 Å². The number of halogens is 2. The van der Waals surface area contributed by atoms with Crippen molar-refractivity contribution in [1.82, 2.24) is 0 Å². The van der Waals surface area contributed by atoms with E-state index in [0.717, 1.165) is 12.0 Å². The second-order valence-corrected chi connectivity index (χ2v) is 3.47. The Kier molecular flexibility index (Phi) is 4.29. The Morgan fingerprint density at radius 3 is 2.62 bits per heavy atom. The molecule has 70 valence electrons. The monoisotopic (exact) mass is 215 g/mol. The van der Waals surface area contributed by atoms with Crippen molar-refractivity contribution in [2.45, 2.75) is 6.42 Å². The van der Waals surface area contributed by atoms with Gasteiger partial charge in [0.25, 0.3) is 0 Å². The van der Waals surface area contributed by atoms with Gasteiger partial charge in [0.15, 0.2) is 0 Å². The smallest absolute Gasteiger partial charge is 0.0598 e. The van der Waals surface area contributed by atoms with Crippen molar-refractivity contribution in [3.63, 3.8) is 0 Å². The van der Waals surface area contributed by atoms with Gasteiger partial charge in [-0.15, -0.1) is 0 Å². The molecule has 0 aliphatic rings. The molecule has 1 rings (SSSR count). The predicted octanol–water partition coefficient (Wildman–Crippen LogP) is 3.36. The van der Waals surface area contributed by atoms with Gasteiger partial charge in [-0.25, -0.2) is 0 Å². The molecule has 0 aliphatic heterocycles. The third-order valence-electron chi connectivity index (χ3n) is 1.59. The lowest BCUT2D eigenvalue weighted by molar-refractivity contribution is 1.01. The van der Waals surface area contributed by atoms with Crippen molar-refractivity contribution >= 4 is 29.3 Å². The minimum Gasteiger partial charge on any atom is -0.330 e. The quantitative estimate of drug-likeness (QED) is 0.823. The fraction of sp³-hybridized carbons (Fsp3) is 0.200. The van der Waals surface area contributed by atoms with Gasteiger partial charge in [-0.2, -0.15) is 0 Å². The Morgan fingerprint density at radius 2 is 2.00 bits per heavy atom. The van der Waals surface area contributed by atoms with Crippen LogP contribution in [0.2, 0.25) is 10.0 Å². The first-order chi connectivity index (χ1) is 6.24. The molecule has 0 bridgehead atoms. The van der Waals surface area contributed by atoms with Crippen molar-refractivity contribution in [2.75, 3.05) is 6.54 Å². The molecule has 1 aromatic carbocycles. The van der Waals surface area contributed by atoms with E-state index in [2.05, 4.69) is 0 Å². The summed E-state index contributed by atoms with van der Waals surface area (Å²) in [4.78, 5) is 0. The summed E-state index contributed by atoms with van der Waals surface area (Å²) in [5.41, 5.74) is 6.39. The van der Waals surface area contributed by atoms with Crippen LogP contribution >= 0.6 is 23.2 Å². The largest absolute Gasteiger partial charge is 0.330 e. The molecule has 0 saturated carbocycles. The zero-order valence-corrected chi connectivity index (χ0v) is 8.65. The number of hydrogen-bond acceptors (Lipinski definition) is 1. The van der Waals surface area contributed by atoms with E-state index in [1.165, 1.54) is 0 Å².